The predicted octanol–water partition coefficient (Wildman–Crippen LogP) is 1.77. The molecule has 0 unspecified atom stereocenters. The van der Waals surface area contributed by atoms with Gasteiger partial charge in [-0.25, -0.2) is 0 Å². The molecule has 0 saturated heterocycles. The van der Waals surface area contributed by atoms with Crippen molar-refractivity contribution < 1.29 is 4.79 Å². The molecule has 0 atom stereocenters. The summed E-state index contributed by atoms with van der Waals surface area (Å²) in [5.74, 6) is 0. The van der Waals surface area contributed by atoms with E-state index in [1.165, 1.54) is 9.65 Å². The van der Waals surface area contributed by atoms with Crippen molar-refractivity contribution in [1.82, 2.24) is 0 Å². The topological polar surface area (TPSA) is 17.1 Å². The molecular weight excluding hydrogens is 211 g/mol. The fourth-order valence-electron chi connectivity index (χ4n) is 0.888. The first-order chi connectivity index (χ1) is 4.92. The molecule has 0 N–H and O–H groups in total. The molecule has 0 fully saturated rings. The number of rotatable bonds is 1. The van der Waals surface area contributed by atoms with E-state index in [4.69, 9.17) is 0 Å². The summed E-state index contributed by atoms with van der Waals surface area (Å²) in [4.78, 5) is 13.4. The van der Waals surface area contributed by atoms with E-state index in [1.54, 1.807) is 11.3 Å². The summed E-state index contributed by atoms with van der Waals surface area (Å²) in [5, 5.41) is 3.25. The monoisotopic (exact) mass is 216 g/mol. The van der Waals surface area contributed by atoms with Crippen LogP contribution in [-0.2, 0) is 0 Å². The number of thiophene rings is 1. The second-order valence-electron chi connectivity index (χ2n) is 1.92. The Morgan fingerprint density at radius 1 is 1.60 bits per heavy atom. The average molecular weight is 215 g/mol. The van der Waals surface area contributed by atoms with Crippen molar-refractivity contribution >= 4 is 41.8 Å². The van der Waals surface area contributed by atoms with Crippen LogP contribution in [0.25, 0.3) is 9.65 Å². The molecule has 0 aliphatic heterocycles. The molecule has 0 aliphatic rings. The maximum absolute atomic E-state index is 10.4. The van der Waals surface area contributed by atoms with Crippen molar-refractivity contribution in [3.63, 3.8) is 0 Å². The normalized spacial score (nSPS) is 10.4. The van der Waals surface area contributed by atoms with Crippen LogP contribution < -0.4 is 0 Å². The van der Waals surface area contributed by atoms with E-state index in [0.717, 1.165) is 11.2 Å². The zero-order valence-electron chi connectivity index (χ0n) is 5.03. The molecule has 50 valence electrons. The van der Waals surface area contributed by atoms with E-state index in [9.17, 15) is 4.79 Å². The van der Waals surface area contributed by atoms with E-state index >= 15 is 0 Å². The number of hydrogen-bond acceptors (Lipinski definition) is 2. The standard InChI is InChI=1S/C7H4OSSe/c8-3-6-5-1-2-10-7(5)4-9-6/h1-4H. The first-order valence-electron chi connectivity index (χ1n) is 2.81. The molecule has 0 spiro atoms. The third-order valence-electron chi connectivity index (χ3n) is 1.36. The SMILES string of the molecule is O=Cc1scc2[se]ccc12. The number of hydrogen-bond donors (Lipinski definition) is 0. The molecule has 3 heteroatoms. The van der Waals surface area contributed by atoms with Crippen LogP contribution >= 0.6 is 11.3 Å². The van der Waals surface area contributed by atoms with Crippen molar-refractivity contribution in [2.75, 3.05) is 0 Å². The Hall–Kier alpha value is -0.371. The second-order valence-corrected chi connectivity index (χ2v) is 4.82. The van der Waals surface area contributed by atoms with Crippen LogP contribution in [-0.4, -0.2) is 20.8 Å². The quantitative estimate of drug-likeness (QED) is 0.523. The van der Waals surface area contributed by atoms with Gasteiger partial charge in [-0.1, -0.05) is 0 Å². The van der Waals surface area contributed by atoms with E-state index in [-0.39, 0.29) is 0 Å². The van der Waals surface area contributed by atoms with Gasteiger partial charge in [0.1, 0.15) is 0 Å². The molecule has 2 aromatic heterocycles. The summed E-state index contributed by atoms with van der Waals surface area (Å²) < 4.78 is 1.36. The van der Waals surface area contributed by atoms with Crippen LogP contribution in [0.15, 0.2) is 16.4 Å². The molecule has 0 aliphatic carbocycles. The second kappa shape index (κ2) is 2.35. The van der Waals surface area contributed by atoms with Gasteiger partial charge in [0.2, 0.25) is 0 Å². The zero-order valence-corrected chi connectivity index (χ0v) is 7.56. The van der Waals surface area contributed by atoms with Crippen LogP contribution in [0.3, 0.4) is 0 Å². The van der Waals surface area contributed by atoms with Gasteiger partial charge in [-0.3, -0.25) is 0 Å². The fourth-order valence-corrected chi connectivity index (χ4v) is 3.84. The summed E-state index contributed by atoms with van der Waals surface area (Å²) in [5.41, 5.74) is 0. The van der Waals surface area contributed by atoms with Crippen LogP contribution in [0.2, 0.25) is 0 Å². The Kier molecular flexibility index (Phi) is 1.49. The molecule has 0 radical (unpaired) electrons. The first-order valence-corrected chi connectivity index (χ1v) is 5.54. The van der Waals surface area contributed by atoms with Gasteiger partial charge < -0.3 is 0 Å². The van der Waals surface area contributed by atoms with Gasteiger partial charge in [0.25, 0.3) is 0 Å². The molecule has 0 amide bonds. The van der Waals surface area contributed by atoms with E-state index in [0.29, 0.717) is 14.5 Å². The van der Waals surface area contributed by atoms with Crippen molar-refractivity contribution in [2.24, 2.45) is 0 Å². The van der Waals surface area contributed by atoms with Gasteiger partial charge in [-0.2, -0.15) is 0 Å². The zero-order chi connectivity index (χ0) is 6.97. The van der Waals surface area contributed by atoms with Gasteiger partial charge in [-0.05, 0) is 0 Å². The Morgan fingerprint density at radius 3 is 3.30 bits per heavy atom. The summed E-state index contributed by atoms with van der Waals surface area (Å²) in [7, 11) is 0. The molecule has 2 aromatic rings. The summed E-state index contributed by atoms with van der Waals surface area (Å²) in [6.07, 6.45) is 0.940. The van der Waals surface area contributed by atoms with Crippen LogP contribution in [0.4, 0.5) is 0 Å². The summed E-state index contributed by atoms with van der Waals surface area (Å²) in [6.45, 7) is 0. The van der Waals surface area contributed by atoms with Gasteiger partial charge in [0.05, 0.1) is 0 Å². The van der Waals surface area contributed by atoms with E-state index < -0.39 is 0 Å². The Balaban J connectivity index is 2.88. The average Bonchev–Trinajstić information content (AvgIpc) is 2.44. The predicted molar refractivity (Wildman–Crippen MR) is 44.2 cm³/mol. The molecule has 0 aromatic carbocycles. The summed E-state index contributed by atoms with van der Waals surface area (Å²) in [6, 6.07) is 2.05. The maximum atomic E-state index is 10.4. The number of fused-ring (bicyclic) bond motifs is 1. The molecule has 1 nitrogen and oxygen atoms in total. The Morgan fingerprint density at radius 2 is 2.50 bits per heavy atom. The van der Waals surface area contributed by atoms with E-state index in [1.807, 2.05) is 0 Å². The van der Waals surface area contributed by atoms with E-state index in [2.05, 4.69) is 16.4 Å². The van der Waals surface area contributed by atoms with Gasteiger partial charge in [0.15, 0.2) is 0 Å². The molecule has 2 heterocycles. The van der Waals surface area contributed by atoms with Crippen molar-refractivity contribution in [3.05, 3.63) is 21.3 Å². The third-order valence-corrected chi connectivity index (χ3v) is 4.43. The van der Waals surface area contributed by atoms with Crippen LogP contribution in [0.5, 0.6) is 0 Å². The first kappa shape index (κ1) is 6.35. The fraction of sp³-hybridized carbons (Fsp3) is 0. The van der Waals surface area contributed by atoms with Crippen molar-refractivity contribution in [2.45, 2.75) is 0 Å². The number of carbonyl (C=O) groups excluding carboxylic acids is 1. The molecule has 10 heavy (non-hydrogen) atoms. The molecule has 0 saturated carbocycles. The molecular formula is C7H4OSSe. The van der Waals surface area contributed by atoms with Gasteiger partial charge >= 0.3 is 67.8 Å². The molecule has 0 bridgehead atoms. The minimum atomic E-state index is 0.493. The molecule has 2 rings (SSSR count). The minimum absolute atomic E-state index is 0.493. The van der Waals surface area contributed by atoms with Crippen LogP contribution in [0.1, 0.15) is 9.67 Å². The Bertz CT molecular complexity index is 360. The Labute approximate surface area is 68.0 Å². The van der Waals surface area contributed by atoms with Crippen molar-refractivity contribution in [1.29, 1.82) is 0 Å². The van der Waals surface area contributed by atoms with Crippen LogP contribution in [0, 0.1) is 0 Å². The summed E-state index contributed by atoms with van der Waals surface area (Å²) >= 11 is 2.04. The van der Waals surface area contributed by atoms with Gasteiger partial charge in [0, 0.05) is 0 Å². The third kappa shape index (κ3) is 0.788. The number of carbonyl (C=O) groups is 1. The van der Waals surface area contributed by atoms with Gasteiger partial charge in [-0.15, -0.1) is 0 Å². The number of aldehydes is 1. The van der Waals surface area contributed by atoms with Crippen molar-refractivity contribution in [3.8, 4) is 0 Å².